The number of carbonyl (C=O) groups is 2. The number of alkyl halides is 3. The van der Waals surface area contributed by atoms with Gasteiger partial charge in [0.2, 0.25) is 11.8 Å². The van der Waals surface area contributed by atoms with E-state index in [1.165, 1.54) is 13.2 Å². The first kappa shape index (κ1) is 23.2. The van der Waals surface area contributed by atoms with Gasteiger partial charge < -0.3 is 15.4 Å². The molecule has 0 bridgehead atoms. The number of rotatable bonds is 8. The van der Waals surface area contributed by atoms with Gasteiger partial charge in [-0.25, -0.2) is 0 Å². The van der Waals surface area contributed by atoms with Gasteiger partial charge >= 0.3 is 6.18 Å². The minimum absolute atomic E-state index is 0.0660. The van der Waals surface area contributed by atoms with E-state index in [2.05, 4.69) is 10.6 Å². The van der Waals surface area contributed by atoms with Crippen LogP contribution in [0.2, 0.25) is 0 Å². The predicted molar refractivity (Wildman–Crippen MR) is 104 cm³/mol. The normalized spacial score (nSPS) is 11.1. The zero-order chi connectivity index (χ0) is 22.3. The van der Waals surface area contributed by atoms with E-state index in [4.69, 9.17) is 4.74 Å². The topological polar surface area (TPSA) is 111 Å². The van der Waals surface area contributed by atoms with Gasteiger partial charge in [0.25, 0.3) is 5.69 Å². The maximum absolute atomic E-state index is 12.7. The lowest BCUT2D eigenvalue weighted by Gasteiger charge is -2.10. The molecule has 0 aliphatic carbocycles. The molecule has 0 aliphatic heterocycles. The summed E-state index contributed by atoms with van der Waals surface area (Å²) in [4.78, 5) is 33.8. The van der Waals surface area contributed by atoms with E-state index in [0.29, 0.717) is 17.4 Å². The third-order valence-corrected chi connectivity index (χ3v) is 4.61. The molecule has 2 amide bonds. The van der Waals surface area contributed by atoms with E-state index < -0.39 is 28.3 Å². The summed E-state index contributed by atoms with van der Waals surface area (Å²) in [5, 5.41) is 16.2. The number of hydrogen-bond acceptors (Lipinski definition) is 6. The Bertz CT molecular complexity index is 953. The summed E-state index contributed by atoms with van der Waals surface area (Å²) in [5.74, 6) is -1.19. The van der Waals surface area contributed by atoms with Crippen molar-refractivity contribution < 1.29 is 32.4 Å². The molecular weight excluding hydrogens is 427 g/mol. The average molecular weight is 443 g/mol. The number of hydrogen-bond donors (Lipinski definition) is 2. The van der Waals surface area contributed by atoms with Crippen LogP contribution in [0.5, 0.6) is 0 Å². The maximum Gasteiger partial charge on any atom is 0.416 e. The molecule has 2 rings (SSSR count). The molecular formula is C18H16F3N3O5S. The van der Waals surface area contributed by atoms with Crippen molar-refractivity contribution in [2.24, 2.45) is 0 Å². The Labute approximate surface area is 172 Å². The van der Waals surface area contributed by atoms with E-state index >= 15 is 0 Å². The Kier molecular flexibility index (Phi) is 7.78. The highest BCUT2D eigenvalue weighted by atomic mass is 32.2. The predicted octanol–water partition coefficient (Wildman–Crippen LogP) is 3.93. The second kappa shape index (κ2) is 10.1. The molecule has 8 nitrogen and oxygen atoms in total. The zero-order valence-corrected chi connectivity index (χ0v) is 16.3. The number of ether oxygens (including phenoxy) is 1. The number of carbonyl (C=O) groups excluding carboxylic acids is 2. The van der Waals surface area contributed by atoms with Gasteiger partial charge in [0.05, 0.1) is 21.1 Å². The molecule has 0 heterocycles. The van der Waals surface area contributed by atoms with E-state index in [1.807, 2.05) is 0 Å². The third kappa shape index (κ3) is 6.74. The second-order valence-corrected chi connectivity index (χ2v) is 6.85. The number of nitro groups is 1. The molecule has 0 aromatic heterocycles. The number of thioether (sulfide) groups is 1. The summed E-state index contributed by atoms with van der Waals surface area (Å²) in [6.45, 7) is -0.140. The van der Waals surface area contributed by atoms with Crippen LogP contribution < -0.4 is 10.6 Å². The number of amides is 2. The molecule has 0 aliphatic rings. The van der Waals surface area contributed by atoms with Crippen molar-refractivity contribution in [1.29, 1.82) is 0 Å². The van der Waals surface area contributed by atoms with Crippen LogP contribution in [0.25, 0.3) is 0 Å². The number of halogens is 3. The fourth-order valence-electron chi connectivity index (χ4n) is 2.30. The van der Waals surface area contributed by atoms with Crippen molar-refractivity contribution in [2.45, 2.75) is 11.1 Å². The zero-order valence-electron chi connectivity index (χ0n) is 15.5. The molecule has 2 aromatic carbocycles. The van der Waals surface area contributed by atoms with Crippen LogP contribution >= 0.6 is 11.8 Å². The van der Waals surface area contributed by atoms with Crippen molar-refractivity contribution >= 4 is 40.6 Å². The molecule has 160 valence electrons. The van der Waals surface area contributed by atoms with Gasteiger partial charge in [-0.3, -0.25) is 19.7 Å². The lowest BCUT2D eigenvalue weighted by Crippen LogP contribution is -2.18. The molecule has 0 radical (unpaired) electrons. The monoisotopic (exact) mass is 443 g/mol. The van der Waals surface area contributed by atoms with E-state index in [9.17, 15) is 32.9 Å². The lowest BCUT2D eigenvalue weighted by molar-refractivity contribution is -0.388. The maximum atomic E-state index is 12.7. The standard InChI is InChI=1S/C18H16F3N3O5S/c1-29-9-16(25)22-12-3-2-4-13(8-12)23-17(26)10-30-15-6-5-11(18(19,20)21)7-14(15)24(27)28/h2-8H,9-10H2,1H3,(H,22,25)(H,23,26). The van der Waals surface area contributed by atoms with Crippen molar-refractivity contribution in [3.05, 3.63) is 58.1 Å². The Morgan fingerprint density at radius 1 is 1.10 bits per heavy atom. The number of nitrogens with one attached hydrogen (secondary N) is 2. The first-order valence-corrected chi connectivity index (χ1v) is 9.26. The van der Waals surface area contributed by atoms with Crippen molar-refractivity contribution in [2.75, 3.05) is 30.1 Å². The van der Waals surface area contributed by atoms with Gasteiger partial charge in [-0.1, -0.05) is 6.07 Å². The second-order valence-electron chi connectivity index (χ2n) is 5.84. The van der Waals surface area contributed by atoms with Crippen molar-refractivity contribution in [1.82, 2.24) is 0 Å². The Morgan fingerprint density at radius 2 is 1.73 bits per heavy atom. The number of methoxy groups -OCH3 is 1. The minimum Gasteiger partial charge on any atom is -0.375 e. The van der Waals surface area contributed by atoms with Crippen LogP contribution in [0.4, 0.5) is 30.2 Å². The molecule has 30 heavy (non-hydrogen) atoms. The first-order chi connectivity index (χ1) is 14.1. The van der Waals surface area contributed by atoms with Crippen LogP contribution in [0, 0.1) is 10.1 Å². The highest BCUT2D eigenvalue weighted by Crippen LogP contribution is 2.36. The fourth-order valence-corrected chi connectivity index (χ4v) is 3.11. The SMILES string of the molecule is COCC(=O)Nc1cccc(NC(=O)CSc2ccc(C(F)(F)F)cc2[N+](=O)[O-])c1. The first-order valence-electron chi connectivity index (χ1n) is 8.27. The highest BCUT2D eigenvalue weighted by molar-refractivity contribution is 8.00. The summed E-state index contributed by atoms with van der Waals surface area (Å²) in [5.41, 5.74) is -1.10. The largest absolute Gasteiger partial charge is 0.416 e. The number of benzene rings is 2. The minimum atomic E-state index is -4.71. The van der Waals surface area contributed by atoms with Gasteiger partial charge in [-0.2, -0.15) is 13.2 Å². The van der Waals surface area contributed by atoms with Crippen LogP contribution in [0.3, 0.4) is 0 Å². The summed E-state index contributed by atoms with van der Waals surface area (Å²) >= 11 is 0.736. The van der Waals surface area contributed by atoms with Crippen LogP contribution in [-0.2, 0) is 20.5 Å². The molecule has 0 atom stereocenters. The van der Waals surface area contributed by atoms with Crippen LogP contribution in [-0.4, -0.2) is 36.2 Å². The summed E-state index contributed by atoms with van der Waals surface area (Å²) in [6.07, 6.45) is -4.71. The number of anilines is 2. The molecule has 0 saturated carbocycles. The Morgan fingerprint density at radius 3 is 2.30 bits per heavy atom. The summed E-state index contributed by atoms with van der Waals surface area (Å²) < 4.78 is 42.9. The molecule has 0 unspecified atom stereocenters. The Hall–Kier alpha value is -3.12. The number of nitrogens with zero attached hydrogens (tertiary/aromatic N) is 1. The van der Waals surface area contributed by atoms with Gasteiger partial charge in [-0.15, -0.1) is 11.8 Å². The summed E-state index contributed by atoms with van der Waals surface area (Å²) in [7, 11) is 1.37. The quantitative estimate of drug-likeness (QED) is 0.363. The van der Waals surface area contributed by atoms with Crippen LogP contribution in [0.15, 0.2) is 47.4 Å². The molecule has 0 fully saturated rings. The van der Waals surface area contributed by atoms with Gasteiger partial charge in [0, 0.05) is 24.6 Å². The smallest absolute Gasteiger partial charge is 0.375 e. The van der Waals surface area contributed by atoms with Gasteiger partial charge in [-0.05, 0) is 30.3 Å². The Balaban J connectivity index is 2.03. The molecule has 12 heteroatoms. The average Bonchev–Trinajstić information content (AvgIpc) is 2.65. The van der Waals surface area contributed by atoms with E-state index in [0.717, 1.165) is 23.9 Å². The van der Waals surface area contributed by atoms with E-state index in [1.54, 1.807) is 18.2 Å². The lowest BCUT2D eigenvalue weighted by atomic mass is 10.2. The third-order valence-electron chi connectivity index (χ3n) is 3.55. The molecule has 2 N–H and O–H groups in total. The van der Waals surface area contributed by atoms with Crippen LogP contribution in [0.1, 0.15) is 5.56 Å². The van der Waals surface area contributed by atoms with E-state index in [-0.39, 0.29) is 23.2 Å². The molecule has 2 aromatic rings. The van der Waals surface area contributed by atoms with Gasteiger partial charge in [0.1, 0.15) is 6.61 Å². The number of nitro benzene ring substituents is 1. The fraction of sp³-hybridized carbons (Fsp3) is 0.222. The molecule has 0 saturated heterocycles. The summed E-state index contributed by atoms with van der Waals surface area (Å²) in [6, 6.07) is 8.37. The molecule has 0 spiro atoms. The van der Waals surface area contributed by atoms with Crippen molar-refractivity contribution in [3.63, 3.8) is 0 Å². The van der Waals surface area contributed by atoms with Crippen molar-refractivity contribution in [3.8, 4) is 0 Å². The highest BCUT2D eigenvalue weighted by Gasteiger charge is 2.33. The van der Waals surface area contributed by atoms with Gasteiger partial charge in [0.15, 0.2) is 0 Å².